The van der Waals surface area contributed by atoms with E-state index in [9.17, 15) is 13.2 Å². The third kappa shape index (κ3) is 4.00. The number of sulfonamides is 1. The number of nitrogens with one attached hydrogen (secondary N) is 1. The van der Waals surface area contributed by atoms with Crippen molar-refractivity contribution in [1.82, 2.24) is 4.72 Å². The molecule has 0 aromatic carbocycles. The van der Waals surface area contributed by atoms with E-state index in [1.54, 1.807) is 6.92 Å². The van der Waals surface area contributed by atoms with Crippen LogP contribution in [0.15, 0.2) is 10.3 Å². The van der Waals surface area contributed by atoms with Crippen LogP contribution >= 0.6 is 11.3 Å². The highest BCUT2D eigenvalue weighted by molar-refractivity contribution is 7.89. The first-order valence-corrected chi connectivity index (χ1v) is 8.02. The fourth-order valence-corrected chi connectivity index (χ4v) is 4.28. The van der Waals surface area contributed by atoms with Gasteiger partial charge < -0.3 is 14.6 Å². The highest BCUT2D eigenvalue weighted by atomic mass is 32.2. The quantitative estimate of drug-likeness (QED) is 0.730. The van der Waals surface area contributed by atoms with Crippen molar-refractivity contribution in [3.63, 3.8) is 0 Å². The predicted molar refractivity (Wildman–Crippen MR) is 73.9 cm³/mol. The van der Waals surface area contributed by atoms with Gasteiger partial charge in [0, 0.05) is 20.8 Å². The number of hydrogen-bond acceptors (Lipinski definition) is 6. The van der Waals surface area contributed by atoms with Crippen molar-refractivity contribution < 1.29 is 27.8 Å². The molecule has 1 rings (SSSR count). The lowest BCUT2D eigenvalue weighted by Gasteiger charge is -2.15. The lowest BCUT2D eigenvalue weighted by Crippen LogP contribution is -2.36. The average Bonchev–Trinajstić information content (AvgIpc) is 2.77. The third-order valence-electron chi connectivity index (χ3n) is 2.57. The molecular formula is C11H17NO6S2. The van der Waals surface area contributed by atoms with Crippen LogP contribution in [0.4, 0.5) is 0 Å². The smallest absolute Gasteiger partial charge is 0.347 e. The summed E-state index contributed by atoms with van der Waals surface area (Å²) >= 11 is 0.887. The minimum Gasteiger partial charge on any atom is -0.477 e. The summed E-state index contributed by atoms with van der Waals surface area (Å²) in [6.07, 6.45) is -0.443. The standard InChI is InChI=1S/C11H17NO6S2/c1-7-6-19-9(11(13)14)10(7)20(15,16)12-4-8(18-3)5-17-2/h6,8,12H,4-5H2,1-3H3,(H,13,14). The Bertz CT molecular complexity index is 565. The molecular weight excluding hydrogens is 306 g/mol. The van der Waals surface area contributed by atoms with E-state index in [1.165, 1.54) is 19.6 Å². The molecule has 0 spiro atoms. The van der Waals surface area contributed by atoms with Crippen molar-refractivity contribution in [3.05, 3.63) is 15.8 Å². The Hall–Kier alpha value is -1.00. The van der Waals surface area contributed by atoms with Gasteiger partial charge in [0.1, 0.15) is 9.77 Å². The van der Waals surface area contributed by atoms with Crippen molar-refractivity contribution >= 4 is 27.3 Å². The molecule has 1 aromatic rings. The SMILES string of the molecule is COCC(CNS(=O)(=O)c1c(C)csc1C(=O)O)OC. The van der Waals surface area contributed by atoms with Gasteiger partial charge in [-0.15, -0.1) is 11.3 Å². The van der Waals surface area contributed by atoms with Gasteiger partial charge in [0.05, 0.1) is 12.7 Å². The van der Waals surface area contributed by atoms with Crippen LogP contribution in [0.3, 0.4) is 0 Å². The zero-order chi connectivity index (χ0) is 15.3. The predicted octanol–water partition coefficient (Wildman–Crippen LogP) is 0.694. The molecule has 7 nitrogen and oxygen atoms in total. The number of hydrogen-bond donors (Lipinski definition) is 2. The molecule has 0 aliphatic heterocycles. The van der Waals surface area contributed by atoms with Gasteiger partial charge in [-0.3, -0.25) is 0 Å². The van der Waals surface area contributed by atoms with E-state index in [4.69, 9.17) is 14.6 Å². The van der Waals surface area contributed by atoms with Gasteiger partial charge in [-0.05, 0) is 17.9 Å². The van der Waals surface area contributed by atoms with E-state index < -0.39 is 22.1 Å². The minimum atomic E-state index is -3.90. The van der Waals surface area contributed by atoms with E-state index in [2.05, 4.69) is 4.72 Å². The number of aromatic carboxylic acids is 1. The van der Waals surface area contributed by atoms with Gasteiger partial charge in [0.2, 0.25) is 10.0 Å². The van der Waals surface area contributed by atoms with Gasteiger partial charge in [0.25, 0.3) is 0 Å². The number of carbonyl (C=O) groups is 1. The molecule has 20 heavy (non-hydrogen) atoms. The molecule has 2 N–H and O–H groups in total. The number of ether oxygens (including phenoxy) is 2. The van der Waals surface area contributed by atoms with Crippen molar-refractivity contribution in [1.29, 1.82) is 0 Å². The molecule has 114 valence electrons. The van der Waals surface area contributed by atoms with Crippen LogP contribution < -0.4 is 4.72 Å². The van der Waals surface area contributed by atoms with Crippen LogP contribution in [0.1, 0.15) is 15.2 Å². The van der Waals surface area contributed by atoms with Crippen molar-refractivity contribution in [2.24, 2.45) is 0 Å². The Labute approximate surface area is 121 Å². The maximum Gasteiger partial charge on any atom is 0.347 e. The molecule has 0 radical (unpaired) electrons. The average molecular weight is 323 g/mol. The maximum atomic E-state index is 12.2. The molecule has 1 unspecified atom stereocenters. The van der Waals surface area contributed by atoms with Gasteiger partial charge in [-0.2, -0.15) is 0 Å². The van der Waals surface area contributed by atoms with E-state index in [1.807, 2.05) is 0 Å². The highest BCUT2D eigenvalue weighted by Crippen LogP contribution is 2.26. The van der Waals surface area contributed by atoms with Crippen LogP contribution in [0.25, 0.3) is 0 Å². The van der Waals surface area contributed by atoms with Crippen LogP contribution in [-0.2, 0) is 19.5 Å². The maximum absolute atomic E-state index is 12.2. The normalized spacial score (nSPS) is 13.3. The van der Waals surface area contributed by atoms with Gasteiger partial charge in [-0.25, -0.2) is 17.9 Å². The molecule has 0 saturated heterocycles. The summed E-state index contributed by atoms with van der Waals surface area (Å²) in [5.41, 5.74) is 0.403. The number of aryl methyl sites for hydroxylation is 1. The van der Waals surface area contributed by atoms with Crippen LogP contribution in [0.2, 0.25) is 0 Å². The molecule has 0 saturated carbocycles. The number of carboxylic acids is 1. The second-order valence-electron chi connectivity index (χ2n) is 4.05. The van der Waals surface area contributed by atoms with Gasteiger partial charge in [-0.1, -0.05) is 0 Å². The molecule has 0 bridgehead atoms. The number of methoxy groups -OCH3 is 2. The summed E-state index contributed by atoms with van der Waals surface area (Å²) in [7, 11) is -0.984. The summed E-state index contributed by atoms with van der Waals surface area (Å²) in [6.45, 7) is 1.79. The monoisotopic (exact) mass is 323 g/mol. The van der Waals surface area contributed by atoms with E-state index in [-0.39, 0.29) is 22.9 Å². The molecule has 1 aromatic heterocycles. The summed E-state index contributed by atoms with van der Waals surface area (Å²) < 4.78 is 36.7. The molecule has 0 amide bonds. The summed E-state index contributed by atoms with van der Waals surface area (Å²) in [5, 5.41) is 10.5. The Balaban J connectivity index is 2.94. The lowest BCUT2D eigenvalue weighted by molar-refractivity contribution is 0.0320. The molecule has 1 atom stereocenters. The number of rotatable bonds is 8. The Kier molecular flexibility index (Phi) is 6.08. The summed E-state index contributed by atoms with van der Waals surface area (Å²) in [5.74, 6) is -1.26. The number of thiophene rings is 1. The Morgan fingerprint density at radius 2 is 2.15 bits per heavy atom. The minimum absolute atomic E-state index is 0.00101. The van der Waals surface area contributed by atoms with Crippen molar-refractivity contribution in [2.75, 3.05) is 27.4 Å². The fourth-order valence-electron chi connectivity index (χ4n) is 1.59. The third-order valence-corrected chi connectivity index (χ3v) is 5.39. The summed E-state index contributed by atoms with van der Waals surface area (Å²) in [6, 6.07) is 0. The van der Waals surface area contributed by atoms with Gasteiger partial charge >= 0.3 is 5.97 Å². The van der Waals surface area contributed by atoms with E-state index >= 15 is 0 Å². The molecule has 0 fully saturated rings. The molecule has 0 aliphatic carbocycles. The number of carboxylic acid groups (broad SMARTS) is 1. The second-order valence-corrected chi connectivity index (χ2v) is 6.63. The first-order valence-electron chi connectivity index (χ1n) is 5.66. The largest absolute Gasteiger partial charge is 0.477 e. The van der Waals surface area contributed by atoms with Crippen LogP contribution in [0.5, 0.6) is 0 Å². The molecule has 0 aliphatic rings. The summed E-state index contributed by atoms with van der Waals surface area (Å²) in [4.78, 5) is 10.7. The lowest BCUT2D eigenvalue weighted by atomic mass is 10.3. The Morgan fingerprint density at radius 1 is 1.50 bits per heavy atom. The van der Waals surface area contributed by atoms with Gasteiger partial charge in [0.15, 0.2) is 0 Å². The Morgan fingerprint density at radius 3 is 2.65 bits per heavy atom. The van der Waals surface area contributed by atoms with Crippen LogP contribution in [-0.4, -0.2) is 53.0 Å². The highest BCUT2D eigenvalue weighted by Gasteiger charge is 2.27. The van der Waals surface area contributed by atoms with E-state index in [0.29, 0.717) is 5.56 Å². The molecule has 1 heterocycles. The zero-order valence-electron chi connectivity index (χ0n) is 11.4. The first kappa shape index (κ1) is 17.1. The topological polar surface area (TPSA) is 102 Å². The van der Waals surface area contributed by atoms with Crippen LogP contribution in [0, 0.1) is 6.92 Å². The molecule has 9 heteroatoms. The van der Waals surface area contributed by atoms with E-state index in [0.717, 1.165) is 11.3 Å². The second kappa shape index (κ2) is 7.14. The fraction of sp³-hybridized carbons (Fsp3) is 0.545. The zero-order valence-corrected chi connectivity index (χ0v) is 13.0. The first-order chi connectivity index (χ1) is 9.33. The van der Waals surface area contributed by atoms with Crippen molar-refractivity contribution in [2.45, 2.75) is 17.9 Å². The van der Waals surface area contributed by atoms with Crippen molar-refractivity contribution in [3.8, 4) is 0 Å².